The molecule has 0 aliphatic rings. The first-order valence-corrected chi connectivity index (χ1v) is 8.73. The summed E-state index contributed by atoms with van der Waals surface area (Å²) >= 11 is 6.14. The van der Waals surface area contributed by atoms with Crippen molar-refractivity contribution in [2.45, 2.75) is 4.90 Å². The zero-order valence-electron chi connectivity index (χ0n) is 12.3. The summed E-state index contributed by atoms with van der Waals surface area (Å²) in [5, 5.41) is 0.177. The predicted octanol–water partition coefficient (Wildman–Crippen LogP) is 3.72. The molecule has 0 fully saturated rings. The number of hydrogen-bond donors (Lipinski definition) is 1. The van der Waals surface area contributed by atoms with Crippen LogP contribution in [-0.2, 0) is 10.0 Å². The van der Waals surface area contributed by atoms with Gasteiger partial charge in [0.25, 0.3) is 10.0 Å². The van der Waals surface area contributed by atoms with Crippen molar-refractivity contribution in [3.8, 4) is 11.5 Å². The molecule has 3 aromatic rings. The predicted molar refractivity (Wildman–Crippen MR) is 90.8 cm³/mol. The smallest absolute Gasteiger partial charge is 0.264 e. The fourth-order valence-corrected chi connectivity index (χ4v) is 3.15. The zero-order valence-corrected chi connectivity index (χ0v) is 13.8. The number of nitrogens with one attached hydrogen (secondary N) is 1. The highest BCUT2D eigenvalue weighted by atomic mass is 35.5. The fraction of sp³-hybridized carbons (Fsp3) is 0. The van der Waals surface area contributed by atoms with Crippen LogP contribution >= 0.6 is 11.6 Å². The second-order valence-electron chi connectivity index (χ2n) is 4.69. The van der Waals surface area contributed by atoms with Crippen molar-refractivity contribution in [1.82, 2.24) is 9.97 Å². The first-order valence-electron chi connectivity index (χ1n) is 6.87. The van der Waals surface area contributed by atoms with Gasteiger partial charge in [-0.25, -0.2) is 23.1 Å². The molecule has 0 saturated heterocycles. The summed E-state index contributed by atoms with van der Waals surface area (Å²) in [4.78, 5) is 7.64. The minimum absolute atomic E-state index is 0.0136. The topological polar surface area (TPSA) is 81.2 Å². The van der Waals surface area contributed by atoms with E-state index in [1.807, 2.05) is 18.2 Å². The molecular weight excluding hydrogens is 350 g/mol. The van der Waals surface area contributed by atoms with Crippen LogP contribution < -0.4 is 9.46 Å². The summed E-state index contributed by atoms with van der Waals surface area (Å²) < 4.78 is 32.6. The van der Waals surface area contributed by atoms with E-state index in [0.29, 0.717) is 11.5 Å². The lowest BCUT2D eigenvalue weighted by Gasteiger charge is -2.10. The quantitative estimate of drug-likeness (QED) is 0.749. The molecule has 1 heterocycles. The molecule has 24 heavy (non-hydrogen) atoms. The van der Waals surface area contributed by atoms with Crippen molar-refractivity contribution >= 4 is 27.6 Å². The molecule has 1 aromatic heterocycles. The average molecular weight is 362 g/mol. The maximum absolute atomic E-state index is 12.3. The van der Waals surface area contributed by atoms with Gasteiger partial charge in [-0.2, -0.15) is 0 Å². The van der Waals surface area contributed by atoms with Crippen LogP contribution in [0.15, 0.2) is 71.9 Å². The third-order valence-corrected chi connectivity index (χ3v) is 4.60. The summed E-state index contributed by atoms with van der Waals surface area (Å²) in [7, 11) is -3.84. The van der Waals surface area contributed by atoms with Gasteiger partial charge in [0.1, 0.15) is 11.5 Å². The van der Waals surface area contributed by atoms with Gasteiger partial charge in [-0.1, -0.05) is 29.8 Å². The first kappa shape index (κ1) is 16.2. The maximum Gasteiger partial charge on any atom is 0.264 e. The molecule has 3 rings (SSSR count). The first-order chi connectivity index (χ1) is 11.5. The Kier molecular flexibility index (Phi) is 4.64. The molecule has 6 nitrogen and oxygen atoms in total. The Balaban J connectivity index is 1.83. The second-order valence-corrected chi connectivity index (χ2v) is 6.77. The van der Waals surface area contributed by atoms with Crippen molar-refractivity contribution in [3.63, 3.8) is 0 Å². The highest BCUT2D eigenvalue weighted by molar-refractivity contribution is 7.92. The molecule has 0 spiro atoms. The molecule has 8 heteroatoms. The number of nitrogens with zero attached hydrogens (tertiary/aromatic N) is 2. The molecule has 122 valence electrons. The number of halogens is 1. The van der Waals surface area contributed by atoms with E-state index in [0.717, 1.165) is 0 Å². The Bertz CT molecular complexity index is 935. The van der Waals surface area contributed by atoms with Crippen LogP contribution in [0.4, 0.5) is 5.95 Å². The lowest BCUT2D eigenvalue weighted by molar-refractivity contribution is 0.482. The number of anilines is 1. The molecule has 0 aliphatic heterocycles. The summed E-state index contributed by atoms with van der Waals surface area (Å²) in [6, 6.07) is 14.9. The van der Waals surface area contributed by atoms with Crippen molar-refractivity contribution < 1.29 is 13.2 Å². The molecule has 1 N–H and O–H groups in total. The van der Waals surface area contributed by atoms with Gasteiger partial charge in [-0.15, -0.1) is 0 Å². The van der Waals surface area contributed by atoms with Crippen molar-refractivity contribution in [2.75, 3.05) is 4.72 Å². The molecule has 2 aromatic carbocycles. The van der Waals surface area contributed by atoms with E-state index in [4.69, 9.17) is 16.3 Å². The highest BCUT2D eigenvalue weighted by Gasteiger charge is 2.17. The molecular formula is C16H12ClN3O3S. The van der Waals surface area contributed by atoms with Crippen LogP contribution in [0.3, 0.4) is 0 Å². The van der Waals surface area contributed by atoms with E-state index in [2.05, 4.69) is 14.7 Å². The third-order valence-electron chi connectivity index (χ3n) is 2.98. The van der Waals surface area contributed by atoms with Crippen molar-refractivity contribution in [1.29, 1.82) is 0 Å². The van der Waals surface area contributed by atoms with Gasteiger partial charge < -0.3 is 4.74 Å². The number of ether oxygens (including phenoxy) is 1. The fourth-order valence-electron chi connectivity index (χ4n) is 1.88. The van der Waals surface area contributed by atoms with Gasteiger partial charge in [0, 0.05) is 12.4 Å². The number of sulfonamides is 1. The summed E-state index contributed by atoms with van der Waals surface area (Å²) in [6.07, 6.45) is 2.88. The van der Waals surface area contributed by atoms with E-state index < -0.39 is 10.0 Å². The Morgan fingerprint density at radius 2 is 1.67 bits per heavy atom. The van der Waals surface area contributed by atoms with Crippen LogP contribution in [0.25, 0.3) is 0 Å². The Morgan fingerprint density at radius 1 is 0.958 bits per heavy atom. The molecule has 0 bridgehead atoms. The van der Waals surface area contributed by atoms with Crippen LogP contribution in [0.1, 0.15) is 0 Å². The van der Waals surface area contributed by atoms with Gasteiger partial charge in [-0.05, 0) is 36.4 Å². The molecule has 0 unspecified atom stereocenters. The minimum atomic E-state index is -3.84. The maximum atomic E-state index is 12.3. The Hall–Kier alpha value is -2.64. The van der Waals surface area contributed by atoms with E-state index in [1.54, 1.807) is 18.2 Å². The summed E-state index contributed by atoms with van der Waals surface area (Å²) in [5.74, 6) is 0.946. The number of hydrogen-bond acceptors (Lipinski definition) is 5. The van der Waals surface area contributed by atoms with E-state index in [9.17, 15) is 8.42 Å². The Morgan fingerprint density at radius 3 is 2.33 bits per heavy atom. The molecule has 0 aliphatic carbocycles. The van der Waals surface area contributed by atoms with Crippen LogP contribution in [0.5, 0.6) is 11.5 Å². The second kappa shape index (κ2) is 6.86. The zero-order chi connectivity index (χ0) is 17.0. The number of para-hydroxylation sites is 1. The van der Waals surface area contributed by atoms with E-state index in [1.165, 1.54) is 30.6 Å². The average Bonchev–Trinajstić information content (AvgIpc) is 2.58. The lowest BCUT2D eigenvalue weighted by atomic mass is 10.3. The number of aromatic nitrogens is 2. The van der Waals surface area contributed by atoms with Crippen molar-refractivity contribution in [3.05, 3.63) is 72.0 Å². The number of benzene rings is 2. The Labute approximate surface area is 144 Å². The van der Waals surface area contributed by atoms with Gasteiger partial charge in [-0.3, -0.25) is 0 Å². The minimum Gasteiger partial charge on any atom is -0.456 e. The van der Waals surface area contributed by atoms with Crippen molar-refractivity contribution in [2.24, 2.45) is 0 Å². The van der Waals surface area contributed by atoms with Crippen LogP contribution in [0.2, 0.25) is 5.02 Å². The molecule has 0 amide bonds. The van der Waals surface area contributed by atoms with Gasteiger partial charge in [0.2, 0.25) is 5.95 Å². The SMILES string of the molecule is O=S(=O)(Nc1ncccn1)c1ccc(Oc2ccccc2)c(Cl)c1. The van der Waals surface area contributed by atoms with Gasteiger partial charge in [0.15, 0.2) is 0 Å². The molecule has 0 atom stereocenters. The molecule has 0 saturated carbocycles. The largest absolute Gasteiger partial charge is 0.456 e. The summed E-state index contributed by atoms with van der Waals surface area (Å²) in [5.41, 5.74) is 0. The normalized spacial score (nSPS) is 11.0. The standard InChI is InChI=1S/C16H12ClN3O3S/c17-14-11-13(24(21,22)20-16-18-9-4-10-19-16)7-8-15(14)23-12-5-2-1-3-6-12/h1-11H,(H,18,19,20). The number of rotatable bonds is 5. The monoisotopic (exact) mass is 361 g/mol. The summed E-state index contributed by atoms with van der Waals surface area (Å²) in [6.45, 7) is 0. The van der Waals surface area contributed by atoms with Crippen LogP contribution in [0, 0.1) is 0 Å². The van der Waals surface area contributed by atoms with Gasteiger partial charge in [0.05, 0.1) is 9.92 Å². The third kappa shape index (κ3) is 3.81. The lowest BCUT2D eigenvalue weighted by Crippen LogP contribution is -2.14. The van der Waals surface area contributed by atoms with E-state index in [-0.39, 0.29) is 15.9 Å². The van der Waals surface area contributed by atoms with E-state index >= 15 is 0 Å². The highest BCUT2D eigenvalue weighted by Crippen LogP contribution is 2.31. The van der Waals surface area contributed by atoms with Crippen LogP contribution in [-0.4, -0.2) is 18.4 Å². The van der Waals surface area contributed by atoms with Gasteiger partial charge >= 0.3 is 0 Å². The molecule has 0 radical (unpaired) electrons.